The number of nitrogen functional groups attached to an aromatic ring is 2. The normalized spacial score (nSPS) is 21.6. The van der Waals surface area contributed by atoms with Crippen LogP contribution in [0.5, 0.6) is 0 Å². The maximum absolute atomic E-state index is 6.49. The van der Waals surface area contributed by atoms with Gasteiger partial charge in [0.15, 0.2) is 0 Å². The Labute approximate surface area is 279 Å². The molecule has 8 heteroatoms. The molecule has 2 heterocycles. The molecule has 2 aliphatic heterocycles. The van der Waals surface area contributed by atoms with Gasteiger partial charge in [0, 0.05) is 81.6 Å². The quantitative estimate of drug-likeness (QED) is 0.213. The van der Waals surface area contributed by atoms with Crippen LogP contribution in [0.4, 0.5) is 11.4 Å². The molecule has 2 fully saturated rings. The van der Waals surface area contributed by atoms with Crippen molar-refractivity contribution in [1.82, 2.24) is 9.80 Å². The van der Waals surface area contributed by atoms with E-state index >= 15 is 0 Å². The van der Waals surface area contributed by atoms with Crippen LogP contribution in [0.15, 0.2) is 72.8 Å². The lowest BCUT2D eigenvalue weighted by Gasteiger charge is -2.36. The van der Waals surface area contributed by atoms with E-state index in [1.807, 2.05) is 48.5 Å². The monoisotopic (exact) mass is 664 g/mol. The highest BCUT2D eigenvalue weighted by molar-refractivity contribution is 6.35. The van der Waals surface area contributed by atoms with Crippen molar-refractivity contribution in [3.8, 4) is 0 Å². The SMILES string of the molecule is Nc1ccccc1[C@@H]1CN(C2CC2)Cc2c(Cl)cc(Cl)cc21.Nc1ccccc1[C@H]1CN(C2CC2)Cc2c(Cl)cc(Cl)cc21. The van der Waals surface area contributed by atoms with Crippen LogP contribution >= 0.6 is 46.4 Å². The minimum absolute atomic E-state index is 0.238. The first kappa shape index (κ1) is 30.2. The first-order valence-corrected chi connectivity index (χ1v) is 16.9. The highest BCUT2D eigenvalue weighted by Gasteiger charge is 2.38. The van der Waals surface area contributed by atoms with Crippen LogP contribution in [-0.2, 0) is 13.1 Å². The zero-order valence-electron chi connectivity index (χ0n) is 24.5. The maximum atomic E-state index is 6.49. The molecule has 4 aliphatic rings. The van der Waals surface area contributed by atoms with Crippen LogP contribution in [0, 0.1) is 0 Å². The van der Waals surface area contributed by atoms with E-state index < -0.39 is 0 Å². The zero-order valence-corrected chi connectivity index (χ0v) is 27.5. The molecule has 4 aromatic carbocycles. The molecule has 8 rings (SSSR count). The van der Waals surface area contributed by atoms with Crippen LogP contribution in [0.3, 0.4) is 0 Å². The first-order chi connectivity index (χ1) is 21.3. The molecule has 44 heavy (non-hydrogen) atoms. The summed E-state index contributed by atoms with van der Waals surface area (Å²) in [5, 5.41) is 2.94. The van der Waals surface area contributed by atoms with Crippen LogP contribution in [0.1, 0.15) is 70.9 Å². The molecule has 0 spiro atoms. The van der Waals surface area contributed by atoms with Crippen LogP contribution in [0.25, 0.3) is 0 Å². The number of benzene rings is 4. The van der Waals surface area contributed by atoms with Gasteiger partial charge in [0.2, 0.25) is 0 Å². The summed E-state index contributed by atoms with van der Waals surface area (Å²) in [6.45, 7) is 3.81. The predicted octanol–water partition coefficient (Wildman–Crippen LogP) is 9.37. The predicted molar refractivity (Wildman–Crippen MR) is 185 cm³/mol. The topological polar surface area (TPSA) is 58.5 Å². The standard InChI is InChI=1S/2C18H18Cl2N2/c2*19-11-7-14-15(13-3-1-2-4-18(13)21)9-22(12-5-6-12)10-16(14)17(20)8-11/h2*1-4,7-8,12,15H,5-6,9-10,21H2/t2*15-/m10/s1. The van der Waals surface area contributed by atoms with E-state index in [2.05, 4.69) is 34.1 Å². The van der Waals surface area contributed by atoms with E-state index in [-0.39, 0.29) is 11.8 Å². The molecule has 4 nitrogen and oxygen atoms in total. The van der Waals surface area contributed by atoms with Crippen molar-refractivity contribution in [2.24, 2.45) is 0 Å². The zero-order chi connectivity index (χ0) is 30.5. The van der Waals surface area contributed by atoms with Gasteiger partial charge in [-0.2, -0.15) is 0 Å². The lowest BCUT2D eigenvalue weighted by atomic mass is 9.83. The summed E-state index contributed by atoms with van der Waals surface area (Å²) in [5.74, 6) is 0.475. The Balaban J connectivity index is 0.000000142. The van der Waals surface area contributed by atoms with E-state index in [0.717, 1.165) is 47.6 Å². The maximum Gasteiger partial charge on any atom is 0.0468 e. The van der Waals surface area contributed by atoms with Gasteiger partial charge >= 0.3 is 0 Å². The van der Waals surface area contributed by atoms with Crippen molar-refractivity contribution < 1.29 is 0 Å². The van der Waals surface area contributed by atoms with Gasteiger partial charge in [0.25, 0.3) is 0 Å². The molecular weight excluding hydrogens is 630 g/mol. The summed E-state index contributed by atoms with van der Waals surface area (Å²) in [6.07, 6.45) is 5.16. The lowest BCUT2D eigenvalue weighted by molar-refractivity contribution is 0.230. The third-order valence-corrected chi connectivity index (χ3v) is 10.7. The van der Waals surface area contributed by atoms with E-state index in [9.17, 15) is 0 Å². The molecule has 0 saturated heterocycles. The minimum Gasteiger partial charge on any atom is -0.398 e. The molecule has 0 radical (unpaired) electrons. The van der Waals surface area contributed by atoms with Gasteiger partial charge in [-0.05, 0) is 95.5 Å². The van der Waals surface area contributed by atoms with Crippen molar-refractivity contribution in [2.75, 3.05) is 24.6 Å². The number of rotatable bonds is 4. The van der Waals surface area contributed by atoms with Crippen molar-refractivity contribution in [2.45, 2.75) is 62.7 Å². The van der Waals surface area contributed by atoms with Gasteiger partial charge in [-0.25, -0.2) is 0 Å². The number of halogens is 4. The fraction of sp³-hybridized carbons (Fsp3) is 0.333. The van der Waals surface area contributed by atoms with Gasteiger partial charge in [-0.15, -0.1) is 0 Å². The van der Waals surface area contributed by atoms with Gasteiger partial charge in [-0.3, -0.25) is 9.80 Å². The average molecular weight is 667 g/mol. The number of fused-ring (bicyclic) bond motifs is 2. The smallest absolute Gasteiger partial charge is 0.0468 e. The average Bonchev–Trinajstić information content (AvgIpc) is 3.91. The number of para-hydroxylation sites is 2. The van der Waals surface area contributed by atoms with Crippen molar-refractivity contribution in [3.05, 3.63) is 126 Å². The Morgan fingerprint density at radius 2 is 0.909 bits per heavy atom. The van der Waals surface area contributed by atoms with E-state index in [0.29, 0.717) is 22.1 Å². The van der Waals surface area contributed by atoms with Crippen LogP contribution in [0.2, 0.25) is 20.1 Å². The summed E-state index contributed by atoms with van der Waals surface area (Å²) in [7, 11) is 0. The minimum atomic E-state index is 0.238. The summed E-state index contributed by atoms with van der Waals surface area (Å²) >= 11 is 25.5. The number of nitrogens with zero attached hydrogens (tertiary/aromatic N) is 2. The first-order valence-electron chi connectivity index (χ1n) is 15.4. The molecule has 0 unspecified atom stereocenters. The number of hydrogen-bond donors (Lipinski definition) is 2. The second-order valence-electron chi connectivity index (χ2n) is 12.6. The summed E-state index contributed by atoms with van der Waals surface area (Å²) in [6, 6.07) is 25.5. The fourth-order valence-electron chi connectivity index (χ4n) is 7.03. The highest BCUT2D eigenvalue weighted by atomic mass is 35.5. The van der Waals surface area contributed by atoms with Crippen molar-refractivity contribution in [3.63, 3.8) is 0 Å². The Hall–Kier alpha value is -2.44. The highest BCUT2D eigenvalue weighted by Crippen LogP contribution is 2.45. The Morgan fingerprint density at radius 1 is 0.523 bits per heavy atom. The summed E-state index contributed by atoms with van der Waals surface area (Å²) in [5.41, 5.74) is 21.4. The summed E-state index contributed by atoms with van der Waals surface area (Å²) < 4.78 is 0. The number of anilines is 2. The molecule has 228 valence electrons. The molecule has 0 aromatic heterocycles. The lowest BCUT2D eigenvalue weighted by Crippen LogP contribution is -2.36. The molecule has 0 bridgehead atoms. The Morgan fingerprint density at radius 3 is 1.27 bits per heavy atom. The molecular formula is C36H36Cl4N4. The van der Waals surface area contributed by atoms with Gasteiger partial charge in [-0.1, -0.05) is 82.8 Å². The van der Waals surface area contributed by atoms with Gasteiger partial charge in [0.1, 0.15) is 0 Å². The third-order valence-electron chi connectivity index (χ3n) is 9.57. The van der Waals surface area contributed by atoms with Crippen LogP contribution < -0.4 is 11.5 Å². The molecule has 2 atom stereocenters. The molecule has 2 aliphatic carbocycles. The number of nitrogens with two attached hydrogens (primary N) is 2. The second kappa shape index (κ2) is 12.4. The molecule has 4 N–H and O–H groups in total. The van der Waals surface area contributed by atoms with Crippen molar-refractivity contribution >= 4 is 57.8 Å². The second-order valence-corrected chi connectivity index (χ2v) is 14.3. The largest absolute Gasteiger partial charge is 0.398 e. The van der Waals surface area contributed by atoms with E-state index in [4.69, 9.17) is 57.9 Å². The fourth-order valence-corrected chi connectivity index (χ4v) is 8.17. The Bertz CT molecular complexity index is 1580. The van der Waals surface area contributed by atoms with E-state index in [1.165, 1.54) is 59.1 Å². The van der Waals surface area contributed by atoms with E-state index in [1.54, 1.807) is 0 Å². The summed E-state index contributed by atoms with van der Waals surface area (Å²) in [4.78, 5) is 5.08. The number of hydrogen-bond acceptors (Lipinski definition) is 4. The third kappa shape index (κ3) is 6.18. The van der Waals surface area contributed by atoms with Crippen molar-refractivity contribution in [1.29, 1.82) is 0 Å². The molecule has 4 aromatic rings. The van der Waals surface area contributed by atoms with Gasteiger partial charge < -0.3 is 11.5 Å². The van der Waals surface area contributed by atoms with Gasteiger partial charge in [0.05, 0.1) is 0 Å². The molecule has 0 amide bonds. The molecule has 2 saturated carbocycles. The Kier molecular flexibility index (Phi) is 8.52. The van der Waals surface area contributed by atoms with Crippen LogP contribution in [-0.4, -0.2) is 35.0 Å².